The van der Waals surface area contributed by atoms with Gasteiger partial charge in [-0.2, -0.15) is 0 Å². The van der Waals surface area contributed by atoms with Crippen molar-refractivity contribution in [2.24, 2.45) is 5.92 Å². The molecule has 0 radical (unpaired) electrons. The molecule has 30 heavy (non-hydrogen) atoms. The lowest BCUT2D eigenvalue weighted by molar-refractivity contribution is -0.144. The highest BCUT2D eigenvalue weighted by Gasteiger charge is 2.35. The SMILES string of the molecule is CCCN(CC(=O)N1CCn2cccc2C1c1ccccc1F)C(=O)C1CCCC1. The van der Waals surface area contributed by atoms with Crippen molar-refractivity contribution in [1.82, 2.24) is 14.4 Å². The summed E-state index contributed by atoms with van der Waals surface area (Å²) in [6.45, 7) is 3.83. The number of hydrogen-bond donors (Lipinski definition) is 0. The van der Waals surface area contributed by atoms with Gasteiger partial charge in [0.1, 0.15) is 11.9 Å². The molecule has 1 aromatic carbocycles. The molecule has 1 atom stereocenters. The lowest BCUT2D eigenvalue weighted by Gasteiger charge is -2.38. The van der Waals surface area contributed by atoms with Gasteiger partial charge in [0.2, 0.25) is 11.8 Å². The summed E-state index contributed by atoms with van der Waals surface area (Å²) >= 11 is 0. The molecule has 2 aliphatic rings. The molecule has 2 amide bonds. The van der Waals surface area contributed by atoms with E-state index in [1.54, 1.807) is 28.0 Å². The van der Waals surface area contributed by atoms with Gasteiger partial charge < -0.3 is 14.4 Å². The Labute approximate surface area is 177 Å². The smallest absolute Gasteiger partial charge is 0.243 e. The first-order chi connectivity index (χ1) is 14.6. The standard InChI is InChI=1S/C24H30FN3O2/c1-2-13-27(24(30)18-8-3-4-9-18)17-22(29)28-16-15-26-14-7-12-21(26)23(28)19-10-5-6-11-20(19)25/h5-7,10-12,14,18,23H,2-4,8-9,13,15-17H2,1H3. The zero-order valence-corrected chi connectivity index (χ0v) is 17.6. The summed E-state index contributed by atoms with van der Waals surface area (Å²) in [6.07, 6.45) is 6.79. The van der Waals surface area contributed by atoms with E-state index in [2.05, 4.69) is 4.57 Å². The maximum atomic E-state index is 14.7. The number of hydrogen-bond acceptors (Lipinski definition) is 2. The summed E-state index contributed by atoms with van der Waals surface area (Å²) in [5.41, 5.74) is 1.40. The molecule has 6 heteroatoms. The van der Waals surface area contributed by atoms with E-state index in [0.29, 0.717) is 25.2 Å². The number of halogens is 1. The van der Waals surface area contributed by atoms with Gasteiger partial charge in [0.05, 0.1) is 6.54 Å². The fraction of sp³-hybridized carbons (Fsp3) is 0.500. The molecular formula is C24H30FN3O2. The van der Waals surface area contributed by atoms with Crippen LogP contribution in [0.3, 0.4) is 0 Å². The molecule has 1 aliphatic heterocycles. The molecule has 1 saturated carbocycles. The number of aromatic nitrogens is 1. The summed E-state index contributed by atoms with van der Waals surface area (Å²) in [4.78, 5) is 29.9. The molecule has 0 bridgehead atoms. The van der Waals surface area contributed by atoms with Crippen molar-refractivity contribution in [2.75, 3.05) is 19.6 Å². The maximum absolute atomic E-state index is 14.7. The first-order valence-electron chi connectivity index (χ1n) is 11.1. The monoisotopic (exact) mass is 411 g/mol. The molecule has 1 unspecified atom stereocenters. The molecule has 5 nitrogen and oxygen atoms in total. The minimum atomic E-state index is -0.479. The van der Waals surface area contributed by atoms with Crippen LogP contribution in [0.2, 0.25) is 0 Å². The molecule has 0 saturated heterocycles. The highest BCUT2D eigenvalue weighted by Crippen LogP contribution is 2.34. The zero-order chi connectivity index (χ0) is 21.1. The fourth-order valence-electron chi connectivity index (χ4n) is 4.90. The van der Waals surface area contributed by atoms with E-state index in [-0.39, 0.29) is 30.1 Å². The quantitative estimate of drug-likeness (QED) is 0.722. The Morgan fingerprint density at radius 1 is 1.10 bits per heavy atom. The van der Waals surface area contributed by atoms with Crippen LogP contribution in [0.1, 0.15) is 56.3 Å². The van der Waals surface area contributed by atoms with Gasteiger partial charge >= 0.3 is 0 Å². The molecule has 1 aliphatic carbocycles. The predicted octanol–water partition coefficient (Wildman–Crippen LogP) is 3.99. The van der Waals surface area contributed by atoms with E-state index in [0.717, 1.165) is 37.8 Å². The van der Waals surface area contributed by atoms with Crippen LogP contribution in [0.4, 0.5) is 4.39 Å². The van der Waals surface area contributed by atoms with E-state index in [1.807, 2.05) is 25.3 Å². The number of benzene rings is 1. The number of rotatable bonds is 6. The Balaban J connectivity index is 1.59. The second-order valence-corrected chi connectivity index (χ2v) is 8.38. The molecule has 0 spiro atoms. The first-order valence-corrected chi connectivity index (χ1v) is 11.1. The van der Waals surface area contributed by atoms with Crippen LogP contribution in [0.25, 0.3) is 0 Å². The lowest BCUT2D eigenvalue weighted by atomic mass is 9.99. The van der Waals surface area contributed by atoms with Crippen molar-refractivity contribution < 1.29 is 14.0 Å². The fourth-order valence-corrected chi connectivity index (χ4v) is 4.90. The number of amides is 2. The normalized spacial score (nSPS) is 19.0. The Bertz CT molecular complexity index is 903. The highest BCUT2D eigenvalue weighted by atomic mass is 19.1. The summed E-state index contributed by atoms with van der Waals surface area (Å²) < 4.78 is 16.8. The number of carbonyl (C=O) groups excluding carboxylic acids is 2. The lowest BCUT2D eigenvalue weighted by Crippen LogP contribution is -2.49. The summed E-state index contributed by atoms with van der Waals surface area (Å²) in [5, 5.41) is 0. The van der Waals surface area contributed by atoms with Crippen LogP contribution in [-0.2, 0) is 16.1 Å². The molecule has 0 N–H and O–H groups in total. The molecule has 1 fully saturated rings. The van der Waals surface area contributed by atoms with Crippen LogP contribution in [0.5, 0.6) is 0 Å². The van der Waals surface area contributed by atoms with Crippen molar-refractivity contribution in [3.63, 3.8) is 0 Å². The summed E-state index contributed by atoms with van der Waals surface area (Å²) in [6, 6.07) is 10.1. The third kappa shape index (κ3) is 4.00. The van der Waals surface area contributed by atoms with Gasteiger partial charge in [-0.05, 0) is 37.5 Å². The third-order valence-electron chi connectivity index (χ3n) is 6.39. The molecule has 4 rings (SSSR count). The van der Waals surface area contributed by atoms with E-state index >= 15 is 0 Å². The number of nitrogens with zero attached hydrogens (tertiary/aromatic N) is 3. The third-order valence-corrected chi connectivity index (χ3v) is 6.39. The van der Waals surface area contributed by atoms with Gasteiger partial charge in [-0.25, -0.2) is 4.39 Å². The van der Waals surface area contributed by atoms with Crippen LogP contribution in [0.15, 0.2) is 42.6 Å². The van der Waals surface area contributed by atoms with Crippen molar-refractivity contribution in [2.45, 2.75) is 51.6 Å². The van der Waals surface area contributed by atoms with Gasteiger partial charge in [0.15, 0.2) is 0 Å². The first kappa shape index (κ1) is 20.6. The van der Waals surface area contributed by atoms with Crippen molar-refractivity contribution in [3.05, 3.63) is 59.7 Å². The van der Waals surface area contributed by atoms with Crippen molar-refractivity contribution in [1.29, 1.82) is 0 Å². The molecule has 2 heterocycles. The topological polar surface area (TPSA) is 45.6 Å². The highest BCUT2D eigenvalue weighted by molar-refractivity contribution is 5.86. The summed E-state index contributed by atoms with van der Waals surface area (Å²) in [5.74, 6) is -0.284. The van der Waals surface area contributed by atoms with Crippen LogP contribution < -0.4 is 0 Å². The average Bonchev–Trinajstić information content (AvgIpc) is 3.44. The van der Waals surface area contributed by atoms with E-state index in [4.69, 9.17) is 0 Å². The van der Waals surface area contributed by atoms with Crippen LogP contribution in [-0.4, -0.2) is 45.8 Å². The average molecular weight is 412 g/mol. The van der Waals surface area contributed by atoms with Gasteiger partial charge in [0, 0.05) is 43.0 Å². The zero-order valence-electron chi connectivity index (χ0n) is 17.6. The maximum Gasteiger partial charge on any atom is 0.243 e. The van der Waals surface area contributed by atoms with Gasteiger partial charge in [-0.15, -0.1) is 0 Å². The van der Waals surface area contributed by atoms with E-state index in [9.17, 15) is 14.0 Å². The largest absolute Gasteiger partial charge is 0.348 e. The van der Waals surface area contributed by atoms with Crippen molar-refractivity contribution in [3.8, 4) is 0 Å². The number of carbonyl (C=O) groups is 2. The number of fused-ring (bicyclic) bond motifs is 1. The van der Waals surface area contributed by atoms with Crippen LogP contribution in [0, 0.1) is 11.7 Å². The molecule has 1 aromatic heterocycles. The van der Waals surface area contributed by atoms with Crippen molar-refractivity contribution >= 4 is 11.8 Å². The van der Waals surface area contributed by atoms with E-state index < -0.39 is 6.04 Å². The van der Waals surface area contributed by atoms with Crippen LogP contribution >= 0.6 is 0 Å². The predicted molar refractivity (Wildman–Crippen MR) is 113 cm³/mol. The molecule has 160 valence electrons. The Morgan fingerprint density at radius 2 is 1.87 bits per heavy atom. The molecule has 2 aromatic rings. The Hall–Kier alpha value is -2.63. The second-order valence-electron chi connectivity index (χ2n) is 8.38. The summed E-state index contributed by atoms with van der Waals surface area (Å²) in [7, 11) is 0. The minimum absolute atomic E-state index is 0.0466. The van der Waals surface area contributed by atoms with Gasteiger partial charge in [-0.3, -0.25) is 9.59 Å². The Morgan fingerprint density at radius 3 is 2.60 bits per heavy atom. The Kier molecular flexibility index (Phi) is 6.21. The minimum Gasteiger partial charge on any atom is -0.348 e. The van der Waals surface area contributed by atoms with E-state index in [1.165, 1.54) is 6.07 Å². The molecular weight excluding hydrogens is 381 g/mol. The van der Waals surface area contributed by atoms with Gasteiger partial charge in [-0.1, -0.05) is 38.0 Å². The second kappa shape index (κ2) is 9.02. The van der Waals surface area contributed by atoms with Gasteiger partial charge in [0.25, 0.3) is 0 Å².